The van der Waals surface area contributed by atoms with Crippen LogP contribution in [0.4, 0.5) is 0 Å². The highest BCUT2D eigenvalue weighted by atomic mass is 16.5. The SMILES string of the molecule is CCCCC(CC)CC(NCC)C1COC(C)C1. The summed E-state index contributed by atoms with van der Waals surface area (Å²) in [6, 6.07) is 0.668. The van der Waals surface area contributed by atoms with Crippen molar-refractivity contribution in [2.24, 2.45) is 11.8 Å². The quantitative estimate of drug-likeness (QED) is 0.672. The maximum absolute atomic E-state index is 5.75. The molecule has 0 aromatic heterocycles. The molecule has 108 valence electrons. The molecule has 18 heavy (non-hydrogen) atoms. The second-order valence-corrected chi connectivity index (χ2v) is 5.96. The summed E-state index contributed by atoms with van der Waals surface area (Å²) < 4.78 is 5.75. The molecule has 1 fully saturated rings. The van der Waals surface area contributed by atoms with Crippen molar-refractivity contribution in [3.8, 4) is 0 Å². The Bertz CT molecular complexity index is 207. The number of nitrogens with one attached hydrogen (secondary N) is 1. The summed E-state index contributed by atoms with van der Waals surface area (Å²) >= 11 is 0. The molecule has 1 aliphatic rings. The molecule has 0 aromatic rings. The summed E-state index contributed by atoms with van der Waals surface area (Å²) in [6.45, 7) is 11.1. The molecule has 4 unspecified atom stereocenters. The molecule has 0 radical (unpaired) electrons. The highest BCUT2D eigenvalue weighted by molar-refractivity contribution is 4.83. The van der Waals surface area contributed by atoms with Gasteiger partial charge < -0.3 is 10.1 Å². The first-order valence-electron chi connectivity index (χ1n) is 8.06. The van der Waals surface area contributed by atoms with Gasteiger partial charge in [0.25, 0.3) is 0 Å². The van der Waals surface area contributed by atoms with Gasteiger partial charge >= 0.3 is 0 Å². The van der Waals surface area contributed by atoms with Crippen LogP contribution in [-0.4, -0.2) is 25.3 Å². The van der Waals surface area contributed by atoms with Gasteiger partial charge in [0.1, 0.15) is 0 Å². The average molecular weight is 255 g/mol. The van der Waals surface area contributed by atoms with Gasteiger partial charge in [-0.25, -0.2) is 0 Å². The van der Waals surface area contributed by atoms with Gasteiger partial charge in [0.2, 0.25) is 0 Å². The standard InChI is InChI=1S/C16H33NO/c1-5-8-9-14(6-2)11-16(17-7-3)15-10-13(4)18-12-15/h13-17H,5-12H2,1-4H3. The van der Waals surface area contributed by atoms with E-state index in [0.717, 1.165) is 25.0 Å². The molecule has 2 nitrogen and oxygen atoms in total. The minimum atomic E-state index is 0.465. The molecule has 1 saturated heterocycles. The van der Waals surface area contributed by atoms with Crippen LogP contribution >= 0.6 is 0 Å². The van der Waals surface area contributed by atoms with Crippen molar-refractivity contribution >= 4 is 0 Å². The number of hydrogen-bond acceptors (Lipinski definition) is 2. The van der Waals surface area contributed by atoms with Gasteiger partial charge in [-0.1, -0.05) is 46.5 Å². The van der Waals surface area contributed by atoms with Crippen molar-refractivity contribution in [2.45, 2.75) is 78.4 Å². The summed E-state index contributed by atoms with van der Waals surface area (Å²) in [7, 11) is 0. The summed E-state index contributed by atoms with van der Waals surface area (Å²) in [5, 5.41) is 3.71. The topological polar surface area (TPSA) is 21.3 Å². The zero-order valence-corrected chi connectivity index (χ0v) is 12.9. The molecule has 1 heterocycles. The number of ether oxygens (including phenoxy) is 1. The first-order valence-corrected chi connectivity index (χ1v) is 8.06. The van der Waals surface area contributed by atoms with Gasteiger partial charge in [0.05, 0.1) is 12.7 Å². The van der Waals surface area contributed by atoms with E-state index in [1.165, 1.54) is 38.5 Å². The summed E-state index contributed by atoms with van der Waals surface area (Å²) in [5.41, 5.74) is 0. The molecule has 0 spiro atoms. The fourth-order valence-corrected chi connectivity index (χ4v) is 3.18. The zero-order valence-electron chi connectivity index (χ0n) is 12.9. The van der Waals surface area contributed by atoms with Crippen LogP contribution in [-0.2, 0) is 4.74 Å². The van der Waals surface area contributed by atoms with E-state index >= 15 is 0 Å². The third kappa shape index (κ3) is 5.27. The molecular formula is C16H33NO. The van der Waals surface area contributed by atoms with Crippen molar-refractivity contribution in [1.82, 2.24) is 5.32 Å². The molecule has 1 rings (SSSR count). The molecule has 1 aliphatic heterocycles. The number of hydrogen-bond donors (Lipinski definition) is 1. The largest absolute Gasteiger partial charge is 0.378 e. The van der Waals surface area contributed by atoms with Crippen molar-refractivity contribution < 1.29 is 4.74 Å². The van der Waals surface area contributed by atoms with Gasteiger partial charge in [-0.2, -0.15) is 0 Å². The van der Waals surface area contributed by atoms with Crippen LogP contribution in [0.15, 0.2) is 0 Å². The van der Waals surface area contributed by atoms with E-state index < -0.39 is 0 Å². The molecule has 0 amide bonds. The van der Waals surface area contributed by atoms with Gasteiger partial charge in [-0.15, -0.1) is 0 Å². The minimum absolute atomic E-state index is 0.465. The molecule has 1 N–H and O–H groups in total. The van der Waals surface area contributed by atoms with Crippen molar-refractivity contribution in [2.75, 3.05) is 13.2 Å². The van der Waals surface area contributed by atoms with Crippen LogP contribution in [0.5, 0.6) is 0 Å². The lowest BCUT2D eigenvalue weighted by atomic mass is 9.85. The zero-order chi connectivity index (χ0) is 13.4. The van der Waals surface area contributed by atoms with Crippen LogP contribution in [0.1, 0.15) is 66.2 Å². The summed E-state index contributed by atoms with van der Waals surface area (Å²) in [5.74, 6) is 1.63. The fourth-order valence-electron chi connectivity index (χ4n) is 3.18. The number of unbranched alkanes of at least 4 members (excludes halogenated alkanes) is 1. The van der Waals surface area contributed by atoms with Gasteiger partial charge in [-0.3, -0.25) is 0 Å². The van der Waals surface area contributed by atoms with Crippen LogP contribution in [0.25, 0.3) is 0 Å². The van der Waals surface area contributed by atoms with E-state index in [9.17, 15) is 0 Å². The average Bonchev–Trinajstić information content (AvgIpc) is 2.80. The number of rotatable bonds is 9. The minimum Gasteiger partial charge on any atom is -0.378 e. The predicted molar refractivity (Wildman–Crippen MR) is 78.9 cm³/mol. The lowest BCUT2D eigenvalue weighted by molar-refractivity contribution is 0.115. The maximum atomic E-state index is 5.75. The Hall–Kier alpha value is -0.0800. The highest BCUT2D eigenvalue weighted by Crippen LogP contribution is 2.28. The summed E-state index contributed by atoms with van der Waals surface area (Å²) in [4.78, 5) is 0. The Morgan fingerprint density at radius 1 is 1.28 bits per heavy atom. The molecule has 0 aliphatic carbocycles. The van der Waals surface area contributed by atoms with Crippen molar-refractivity contribution in [3.05, 3.63) is 0 Å². The lowest BCUT2D eigenvalue weighted by Crippen LogP contribution is -2.38. The second-order valence-electron chi connectivity index (χ2n) is 5.96. The van der Waals surface area contributed by atoms with E-state index in [1.807, 2.05) is 0 Å². The van der Waals surface area contributed by atoms with Crippen molar-refractivity contribution in [1.29, 1.82) is 0 Å². The van der Waals surface area contributed by atoms with Crippen LogP contribution in [0.2, 0.25) is 0 Å². The Labute approximate surface area is 114 Å². The van der Waals surface area contributed by atoms with Gasteiger partial charge in [0.15, 0.2) is 0 Å². The van der Waals surface area contributed by atoms with Crippen molar-refractivity contribution in [3.63, 3.8) is 0 Å². The Morgan fingerprint density at radius 3 is 2.56 bits per heavy atom. The van der Waals surface area contributed by atoms with Crippen LogP contribution < -0.4 is 5.32 Å². The third-order valence-electron chi connectivity index (χ3n) is 4.40. The smallest absolute Gasteiger partial charge is 0.0551 e. The molecule has 2 heteroatoms. The molecular weight excluding hydrogens is 222 g/mol. The Kier molecular flexibility index (Phi) is 7.92. The molecule has 4 atom stereocenters. The molecule has 0 bridgehead atoms. The lowest BCUT2D eigenvalue weighted by Gasteiger charge is -2.27. The molecule has 0 saturated carbocycles. The maximum Gasteiger partial charge on any atom is 0.0551 e. The second kappa shape index (κ2) is 8.92. The van der Waals surface area contributed by atoms with E-state index in [1.54, 1.807) is 0 Å². The van der Waals surface area contributed by atoms with E-state index in [0.29, 0.717) is 12.1 Å². The highest BCUT2D eigenvalue weighted by Gasteiger charge is 2.30. The predicted octanol–water partition coefficient (Wildman–Crippen LogP) is 4.00. The van der Waals surface area contributed by atoms with E-state index in [-0.39, 0.29) is 0 Å². The van der Waals surface area contributed by atoms with Gasteiger partial charge in [-0.05, 0) is 32.2 Å². The van der Waals surface area contributed by atoms with E-state index in [4.69, 9.17) is 4.74 Å². The Balaban J connectivity index is 2.44. The summed E-state index contributed by atoms with van der Waals surface area (Å²) in [6.07, 6.45) is 8.48. The molecule has 0 aromatic carbocycles. The monoisotopic (exact) mass is 255 g/mol. The first-order chi connectivity index (χ1) is 8.71. The normalized spacial score (nSPS) is 27.3. The fraction of sp³-hybridized carbons (Fsp3) is 1.00. The third-order valence-corrected chi connectivity index (χ3v) is 4.40. The van der Waals surface area contributed by atoms with Gasteiger partial charge in [0, 0.05) is 12.0 Å². The van der Waals surface area contributed by atoms with Crippen LogP contribution in [0, 0.1) is 11.8 Å². The first kappa shape index (κ1) is 16.0. The van der Waals surface area contributed by atoms with E-state index in [2.05, 4.69) is 33.0 Å². The Morgan fingerprint density at radius 2 is 2.06 bits per heavy atom. The van der Waals surface area contributed by atoms with Crippen LogP contribution in [0.3, 0.4) is 0 Å².